The quantitative estimate of drug-likeness (QED) is 0.567. The van der Waals surface area contributed by atoms with Crippen LogP contribution in [0.3, 0.4) is 0 Å². The highest BCUT2D eigenvalue weighted by Gasteiger charge is 2.15. The molecule has 0 bridgehead atoms. The molecule has 2 heterocycles. The van der Waals surface area contributed by atoms with Crippen molar-refractivity contribution < 1.29 is 0 Å². The monoisotopic (exact) mass is 270 g/mol. The molecule has 0 amide bonds. The van der Waals surface area contributed by atoms with Crippen LogP contribution in [0, 0.1) is 6.92 Å². The van der Waals surface area contributed by atoms with Crippen molar-refractivity contribution in [2.24, 2.45) is 5.84 Å². The van der Waals surface area contributed by atoms with Crippen molar-refractivity contribution in [2.75, 3.05) is 0 Å². The van der Waals surface area contributed by atoms with Gasteiger partial charge in [-0.15, -0.1) is 11.3 Å². The summed E-state index contributed by atoms with van der Waals surface area (Å²) in [5.74, 6) is 5.70. The minimum absolute atomic E-state index is 0.0317. The Morgan fingerprint density at radius 1 is 1.26 bits per heavy atom. The first-order valence-electron chi connectivity index (χ1n) is 6.01. The summed E-state index contributed by atoms with van der Waals surface area (Å²) >= 11 is 1.65. The number of aryl methyl sites for hydroxylation is 1. The topological polar surface area (TPSA) is 63.8 Å². The molecule has 0 spiro atoms. The van der Waals surface area contributed by atoms with Crippen LogP contribution in [0.1, 0.15) is 21.5 Å². The third-order valence-electron chi connectivity index (χ3n) is 3.05. The molecular weight excluding hydrogens is 256 g/mol. The Bertz CT molecular complexity index is 707. The molecule has 0 saturated carbocycles. The minimum Gasteiger partial charge on any atom is -0.271 e. The molecule has 3 aromatic rings. The van der Waals surface area contributed by atoms with Gasteiger partial charge in [0.05, 0.1) is 16.6 Å². The standard InChI is InChI=1S/C14H14N4S/c1-9-17-8-13(19-9)14(18-15)11-4-5-12-10(7-11)3-2-6-16-12/h2-8,14,18H,15H2,1H3. The van der Waals surface area contributed by atoms with Gasteiger partial charge in [-0.1, -0.05) is 12.1 Å². The van der Waals surface area contributed by atoms with E-state index in [1.807, 2.05) is 25.3 Å². The summed E-state index contributed by atoms with van der Waals surface area (Å²) in [6.45, 7) is 1.99. The molecule has 1 atom stereocenters. The Hall–Kier alpha value is -1.82. The Morgan fingerprint density at radius 2 is 2.16 bits per heavy atom. The molecule has 1 aromatic carbocycles. The van der Waals surface area contributed by atoms with Crippen LogP contribution in [0.5, 0.6) is 0 Å². The molecule has 2 aromatic heterocycles. The first-order chi connectivity index (χ1) is 9.28. The van der Waals surface area contributed by atoms with Crippen molar-refractivity contribution in [3.63, 3.8) is 0 Å². The third kappa shape index (κ3) is 2.35. The molecule has 3 rings (SSSR count). The lowest BCUT2D eigenvalue weighted by atomic mass is 10.0. The number of thiazole rings is 1. The Morgan fingerprint density at radius 3 is 2.89 bits per heavy atom. The van der Waals surface area contributed by atoms with E-state index in [0.29, 0.717) is 0 Å². The second kappa shape index (κ2) is 5.05. The Labute approximate surface area is 115 Å². The average molecular weight is 270 g/mol. The average Bonchev–Trinajstić information content (AvgIpc) is 2.86. The second-order valence-electron chi connectivity index (χ2n) is 4.34. The molecule has 0 fully saturated rings. The molecule has 1 unspecified atom stereocenters. The predicted molar refractivity (Wildman–Crippen MR) is 77.8 cm³/mol. The predicted octanol–water partition coefficient (Wildman–Crippen LogP) is 2.55. The van der Waals surface area contributed by atoms with Crippen LogP contribution in [0.25, 0.3) is 10.9 Å². The van der Waals surface area contributed by atoms with Gasteiger partial charge in [-0.05, 0) is 30.7 Å². The molecule has 3 N–H and O–H groups in total. The number of aromatic nitrogens is 2. The van der Waals surface area contributed by atoms with Gasteiger partial charge in [0, 0.05) is 22.7 Å². The Kier molecular flexibility index (Phi) is 3.25. The number of hydrogen-bond donors (Lipinski definition) is 2. The molecule has 19 heavy (non-hydrogen) atoms. The second-order valence-corrected chi connectivity index (χ2v) is 5.60. The Balaban J connectivity index is 2.06. The van der Waals surface area contributed by atoms with Crippen LogP contribution in [0.2, 0.25) is 0 Å². The van der Waals surface area contributed by atoms with E-state index in [1.165, 1.54) is 0 Å². The van der Waals surface area contributed by atoms with Crippen molar-refractivity contribution in [3.8, 4) is 0 Å². The molecule has 4 nitrogen and oxygen atoms in total. The van der Waals surface area contributed by atoms with Gasteiger partial charge in [-0.25, -0.2) is 10.4 Å². The highest BCUT2D eigenvalue weighted by molar-refractivity contribution is 7.11. The van der Waals surface area contributed by atoms with Crippen molar-refractivity contribution in [2.45, 2.75) is 13.0 Å². The first kappa shape index (κ1) is 12.2. The summed E-state index contributed by atoms with van der Waals surface area (Å²) < 4.78 is 0. The van der Waals surface area contributed by atoms with Crippen molar-refractivity contribution in [1.82, 2.24) is 15.4 Å². The highest BCUT2D eigenvalue weighted by Crippen LogP contribution is 2.27. The van der Waals surface area contributed by atoms with E-state index in [0.717, 1.165) is 26.4 Å². The molecule has 0 saturated heterocycles. The molecular formula is C14H14N4S. The number of rotatable bonds is 3. The van der Waals surface area contributed by atoms with Gasteiger partial charge >= 0.3 is 0 Å². The maximum absolute atomic E-state index is 5.70. The van der Waals surface area contributed by atoms with E-state index in [-0.39, 0.29) is 6.04 Å². The summed E-state index contributed by atoms with van der Waals surface area (Å²) in [5, 5.41) is 2.15. The van der Waals surface area contributed by atoms with Crippen LogP contribution >= 0.6 is 11.3 Å². The molecule has 5 heteroatoms. The van der Waals surface area contributed by atoms with Gasteiger partial charge in [-0.3, -0.25) is 10.8 Å². The van der Waals surface area contributed by atoms with Crippen LogP contribution < -0.4 is 11.3 Å². The lowest BCUT2D eigenvalue weighted by molar-refractivity contribution is 0.646. The van der Waals surface area contributed by atoms with Crippen molar-refractivity contribution in [1.29, 1.82) is 0 Å². The van der Waals surface area contributed by atoms with Gasteiger partial charge < -0.3 is 0 Å². The third-order valence-corrected chi connectivity index (χ3v) is 4.03. The number of nitrogens with two attached hydrogens (primary N) is 1. The van der Waals surface area contributed by atoms with E-state index in [2.05, 4.69) is 33.6 Å². The molecule has 0 aliphatic rings. The lowest BCUT2D eigenvalue weighted by Gasteiger charge is -2.14. The fraction of sp³-hybridized carbons (Fsp3) is 0.143. The fourth-order valence-corrected chi connectivity index (χ4v) is 3.00. The zero-order valence-electron chi connectivity index (χ0n) is 10.5. The SMILES string of the molecule is Cc1ncc(C(NN)c2ccc3ncccc3c2)s1. The molecule has 0 radical (unpaired) electrons. The van der Waals surface area contributed by atoms with Gasteiger partial charge in [0.25, 0.3) is 0 Å². The number of hydrogen-bond acceptors (Lipinski definition) is 5. The summed E-state index contributed by atoms with van der Waals surface area (Å²) in [5.41, 5.74) is 4.97. The van der Waals surface area contributed by atoms with E-state index in [4.69, 9.17) is 5.84 Å². The first-order valence-corrected chi connectivity index (χ1v) is 6.83. The molecule has 96 valence electrons. The summed E-state index contributed by atoms with van der Waals surface area (Å²) in [7, 11) is 0. The lowest BCUT2D eigenvalue weighted by Crippen LogP contribution is -2.28. The highest BCUT2D eigenvalue weighted by atomic mass is 32.1. The fourth-order valence-electron chi connectivity index (χ4n) is 2.13. The maximum atomic E-state index is 5.70. The van der Waals surface area contributed by atoms with Gasteiger partial charge in [0.15, 0.2) is 0 Å². The molecule has 0 aliphatic heterocycles. The van der Waals surface area contributed by atoms with Crippen molar-refractivity contribution in [3.05, 3.63) is 58.2 Å². The number of pyridine rings is 1. The number of nitrogens with one attached hydrogen (secondary N) is 1. The van der Waals surface area contributed by atoms with Crippen LogP contribution in [-0.2, 0) is 0 Å². The van der Waals surface area contributed by atoms with Crippen LogP contribution in [0.15, 0.2) is 42.7 Å². The normalized spacial score (nSPS) is 12.7. The van der Waals surface area contributed by atoms with Gasteiger partial charge in [-0.2, -0.15) is 0 Å². The maximum Gasteiger partial charge on any atom is 0.0897 e. The minimum atomic E-state index is -0.0317. The van der Waals surface area contributed by atoms with Crippen molar-refractivity contribution >= 4 is 22.2 Å². The molecule has 0 aliphatic carbocycles. The van der Waals surface area contributed by atoms with E-state index in [9.17, 15) is 0 Å². The number of fused-ring (bicyclic) bond motifs is 1. The van der Waals surface area contributed by atoms with E-state index < -0.39 is 0 Å². The summed E-state index contributed by atoms with van der Waals surface area (Å²) in [6.07, 6.45) is 3.67. The number of benzene rings is 1. The van der Waals surface area contributed by atoms with E-state index in [1.54, 1.807) is 17.5 Å². The van der Waals surface area contributed by atoms with Gasteiger partial charge in [0.2, 0.25) is 0 Å². The van der Waals surface area contributed by atoms with Gasteiger partial charge in [0.1, 0.15) is 0 Å². The van der Waals surface area contributed by atoms with Crippen LogP contribution in [-0.4, -0.2) is 9.97 Å². The largest absolute Gasteiger partial charge is 0.271 e. The zero-order valence-corrected chi connectivity index (χ0v) is 11.3. The summed E-state index contributed by atoms with van der Waals surface area (Å²) in [4.78, 5) is 9.72. The smallest absolute Gasteiger partial charge is 0.0897 e. The number of hydrazine groups is 1. The zero-order chi connectivity index (χ0) is 13.2. The van der Waals surface area contributed by atoms with Crippen LogP contribution in [0.4, 0.5) is 0 Å². The summed E-state index contributed by atoms with van der Waals surface area (Å²) in [6, 6.07) is 10.1. The van der Waals surface area contributed by atoms with E-state index >= 15 is 0 Å². The number of nitrogens with zero attached hydrogens (tertiary/aromatic N) is 2.